The monoisotopic (exact) mass is 411 g/mol. The minimum absolute atomic E-state index is 0.00154. The lowest BCUT2D eigenvalue weighted by Crippen LogP contribution is -2.50. The van der Waals surface area contributed by atoms with Gasteiger partial charge >= 0.3 is 0 Å². The maximum atomic E-state index is 14.1. The molecule has 150 valence electrons. The first-order valence-electron chi connectivity index (χ1n) is 8.26. The summed E-state index contributed by atoms with van der Waals surface area (Å²) in [5.41, 5.74) is 4.95. The average Bonchev–Trinajstić information content (AvgIpc) is 3.19. The van der Waals surface area contributed by atoms with E-state index in [2.05, 4.69) is 0 Å². The number of nitrogens with two attached hydrogens (primary N) is 1. The van der Waals surface area contributed by atoms with Crippen LogP contribution in [0.3, 0.4) is 0 Å². The third-order valence-corrected chi connectivity index (χ3v) is 6.12. The topological polar surface area (TPSA) is 123 Å². The van der Waals surface area contributed by atoms with Crippen molar-refractivity contribution in [2.75, 3.05) is 33.3 Å². The molecule has 1 saturated heterocycles. The van der Waals surface area contributed by atoms with Crippen LogP contribution in [0.4, 0.5) is 4.39 Å². The van der Waals surface area contributed by atoms with Crippen molar-refractivity contribution in [2.24, 2.45) is 5.73 Å². The van der Waals surface area contributed by atoms with Crippen LogP contribution < -0.4 is 10.5 Å². The van der Waals surface area contributed by atoms with Crippen molar-refractivity contribution in [3.05, 3.63) is 47.5 Å². The van der Waals surface area contributed by atoms with Gasteiger partial charge in [-0.25, -0.2) is 12.8 Å². The van der Waals surface area contributed by atoms with E-state index < -0.39 is 32.7 Å². The van der Waals surface area contributed by atoms with Crippen molar-refractivity contribution < 1.29 is 31.6 Å². The summed E-state index contributed by atoms with van der Waals surface area (Å²) >= 11 is 0. The predicted molar refractivity (Wildman–Crippen MR) is 94.8 cm³/mol. The smallest absolute Gasteiger partial charge is 0.284 e. The van der Waals surface area contributed by atoms with Gasteiger partial charge in [0.15, 0.2) is 5.76 Å². The van der Waals surface area contributed by atoms with E-state index in [1.54, 1.807) is 0 Å². The molecule has 11 heteroatoms. The lowest BCUT2D eigenvalue weighted by molar-refractivity contribution is 0.0692. The molecule has 0 bridgehead atoms. The molecule has 0 spiro atoms. The van der Waals surface area contributed by atoms with Crippen LogP contribution in [0.2, 0.25) is 0 Å². The first-order valence-corrected chi connectivity index (χ1v) is 9.70. The van der Waals surface area contributed by atoms with E-state index in [1.807, 2.05) is 0 Å². The molecular weight excluding hydrogens is 393 g/mol. The summed E-state index contributed by atoms with van der Waals surface area (Å²) in [5, 5.41) is -0.401. The predicted octanol–water partition coefficient (Wildman–Crippen LogP) is 0.673. The molecule has 1 aliphatic heterocycles. The molecule has 1 fully saturated rings. The molecule has 0 atom stereocenters. The van der Waals surface area contributed by atoms with Crippen molar-refractivity contribution >= 4 is 21.8 Å². The second-order valence-corrected chi connectivity index (χ2v) is 7.89. The molecule has 0 unspecified atom stereocenters. The van der Waals surface area contributed by atoms with E-state index in [9.17, 15) is 22.4 Å². The molecule has 0 radical (unpaired) electrons. The number of primary amides is 1. The Labute approximate surface area is 160 Å². The zero-order valence-electron chi connectivity index (χ0n) is 14.9. The zero-order valence-corrected chi connectivity index (χ0v) is 15.7. The first-order chi connectivity index (χ1) is 13.2. The number of hydrogen-bond donors (Lipinski definition) is 1. The molecule has 0 aliphatic carbocycles. The van der Waals surface area contributed by atoms with Crippen LogP contribution in [0.15, 0.2) is 39.8 Å². The highest BCUT2D eigenvalue weighted by Gasteiger charge is 2.33. The van der Waals surface area contributed by atoms with Crippen LogP contribution in [0.1, 0.15) is 20.9 Å². The van der Waals surface area contributed by atoms with E-state index in [0.29, 0.717) is 5.75 Å². The molecule has 1 aromatic carbocycles. The molecule has 1 aromatic heterocycles. The fourth-order valence-corrected chi connectivity index (χ4v) is 4.15. The van der Waals surface area contributed by atoms with Gasteiger partial charge in [0.25, 0.3) is 21.8 Å². The van der Waals surface area contributed by atoms with Gasteiger partial charge in [0.1, 0.15) is 11.6 Å². The molecule has 2 heterocycles. The van der Waals surface area contributed by atoms with Gasteiger partial charge < -0.3 is 19.8 Å². The van der Waals surface area contributed by atoms with Crippen molar-refractivity contribution in [3.8, 4) is 5.75 Å². The van der Waals surface area contributed by atoms with Gasteiger partial charge in [0.05, 0.1) is 12.7 Å². The van der Waals surface area contributed by atoms with Crippen LogP contribution in [0, 0.1) is 5.82 Å². The third-order valence-electron chi connectivity index (χ3n) is 4.35. The summed E-state index contributed by atoms with van der Waals surface area (Å²) in [6, 6.07) is 6.25. The van der Waals surface area contributed by atoms with Gasteiger partial charge in [-0.05, 0) is 24.3 Å². The number of piperazine rings is 1. The van der Waals surface area contributed by atoms with Crippen LogP contribution in [-0.4, -0.2) is 62.7 Å². The Balaban J connectivity index is 1.69. The number of nitrogens with zero attached hydrogens (tertiary/aromatic N) is 2. The Morgan fingerprint density at radius 2 is 1.82 bits per heavy atom. The highest BCUT2D eigenvalue weighted by Crippen LogP contribution is 2.22. The van der Waals surface area contributed by atoms with Gasteiger partial charge in [-0.15, -0.1) is 0 Å². The number of furan rings is 1. The molecule has 3 rings (SSSR count). The highest BCUT2D eigenvalue weighted by molar-refractivity contribution is 7.89. The quantitative estimate of drug-likeness (QED) is 0.772. The van der Waals surface area contributed by atoms with Crippen molar-refractivity contribution in [2.45, 2.75) is 5.09 Å². The first kappa shape index (κ1) is 19.8. The fraction of sp³-hybridized carbons (Fsp3) is 0.294. The molecule has 2 N–H and O–H groups in total. The SMILES string of the molecule is COc1ccc(C(=O)N2CCN(S(=O)(=O)c3ccc(C(N)=O)o3)CC2)c(F)c1. The van der Waals surface area contributed by atoms with Gasteiger partial charge in [0.2, 0.25) is 5.09 Å². The molecule has 28 heavy (non-hydrogen) atoms. The standard InChI is InChI=1S/C17H18FN3O6S/c1-26-11-2-3-12(13(18)10-11)17(23)20-6-8-21(9-7-20)28(24,25)15-5-4-14(27-15)16(19)22/h2-5,10H,6-9H2,1H3,(H2,19,22). The van der Waals surface area contributed by atoms with Crippen LogP contribution >= 0.6 is 0 Å². The molecular formula is C17H18FN3O6S. The Morgan fingerprint density at radius 1 is 1.14 bits per heavy atom. The van der Waals surface area contributed by atoms with Gasteiger partial charge in [0, 0.05) is 32.2 Å². The summed E-state index contributed by atoms with van der Waals surface area (Å²) in [6.07, 6.45) is 0. The number of benzene rings is 1. The van der Waals surface area contributed by atoms with E-state index >= 15 is 0 Å². The summed E-state index contributed by atoms with van der Waals surface area (Å²) in [7, 11) is -2.59. The van der Waals surface area contributed by atoms with E-state index in [1.165, 1.54) is 30.2 Å². The Bertz CT molecular complexity index is 1010. The van der Waals surface area contributed by atoms with E-state index in [-0.39, 0.29) is 37.5 Å². The van der Waals surface area contributed by atoms with Crippen LogP contribution in [0.25, 0.3) is 0 Å². The molecule has 1 aliphatic rings. The third kappa shape index (κ3) is 3.71. The molecule has 2 amide bonds. The van der Waals surface area contributed by atoms with Gasteiger partial charge in [-0.2, -0.15) is 4.31 Å². The number of sulfonamides is 1. The number of rotatable bonds is 5. The minimum Gasteiger partial charge on any atom is -0.497 e. The minimum atomic E-state index is -3.98. The summed E-state index contributed by atoms with van der Waals surface area (Å²) < 4.78 is 50.3. The Morgan fingerprint density at radius 3 is 2.36 bits per heavy atom. The molecule has 9 nitrogen and oxygen atoms in total. The summed E-state index contributed by atoms with van der Waals surface area (Å²) in [6.45, 7) is 0.150. The largest absolute Gasteiger partial charge is 0.497 e. The number of carbonyl (C=O) groups excluding carboxylic acids is 2. The Hall–Kier alpha value is -2.92. The second-order valence-electron chi connectivity index (χ2n) is 6.02. The summed E-state index contributed by atoms with van der Waals surface area (Å²) in [5.74, 6) is -2.10. The van der Waals surface area contributed by atoms with E-state index in [0.717, 1.165) is 16.4 Å². The number of carbonyl (C=O) groups is 2. The average molecular weight is 411 g/mol. The fourth-order valence-electron chi connectivity index (χ4n) is 2.82. The van der Waals surface area contributed by atoms with Crippen molar-refractivity contribution in [3.63, 3.8) is 0 Å². The van der Waals surface area contributed by atoms with Crippen LogP contribution in [-0.2, 0) is 10.0 Å². The van der Waals surface area contributed by atoms with Gasteiger partial charge in [-0.1, -0.05) is 0 Å². The number of amides is 2. The van der Waals surface area contributed by atoms with Crippen molar-refractivity contribution in [1.82, 2.24) is 9.21 Å². The Kier molecular flexibility index (Phi) is 5.38. The maximum absolute atomic E-state index is 14.1. The normalized spacial score (nSPS) is 15.4. The van der Waals surface area contributed by atoms with Gasteiger partial charge in [-0.3, -0.25) is 9.59 Å². The second kappa shape index (κ2) is 7.60. The van der Waals surface area contributed by atoms with Crippen LogP contribution in [0.5, 0.6) is 5.75 Å². The number of methoxy groups -OCH3 is 1. The summed E-state index contributed by atoms with van der Waals surface area (Å²) in [4.78, 5) is 25.0. The van der Waals surface area contributed by atoms with Crippen molar-refractivity contribution in [1.29, 1.82) is 0 Å². The molecule has 2 aromatic rings. The number of hydrogen-bond acceptors (Lipinski definition) is 6. The lowest BCUT2D eigenvalue weighted by Gasteiger charge is -2.33. The van der Waals surface area contributed by atoms with E-state index in [4.69, 9.17) is 14.9 Å². The highest BCUT2D eigenvalue weighted by atomic mass is 32.2. The lowest BCUT2D eigenvalue weighted by atomic mass is 10.1. The number of ether oxygens (including phenoxy) is 1. The zero-order chi connectivity index (χ0) is 20.5. The molecule has 0 saturated carbocycles. The maximum Gasteiger partial charge on any atom is 0.284 e. The number of halogens is 1.